The summed E-state index contributed by atoms with van der Waals surface area (Å²) in [5, 5.41) is 0. The van der Waals surface area contributed by atoms with Crippen molar-refractivity contribution in [3.63, 3.8) is 0 Å². The van der Waals surface area contributed by atoms with Crippen molar-refractivity contribution in [3.05, 3.63) is 42.5 Å². The van der Waals surface area contributed by atoms with Gasteiger partial charge in [0.05, 0.1) is 20.1 Å². The van der Waals surface area contributed by atoms with Crippen LogP contribution in [-0.2, 0) is 14.9 Å². The van der Waals surface area contributed by atoms with E-state index >= 15 is 0 Å². The van der Waals surface area contributed by atoms with Crippen molar-refractivity contribution < 1.29 is 14.3 Å². The molecule has 3 nitrogen and oxygen atoms in total. The molecule has 1 aromatic rings. The van der Waals surface area contributed by atoms with Gasteiger partial charge in [0.2, 0.25) is 0 Å². The van der Waals surface area contributed by atoms with E-state index in [1.165, 1.54) is 0 Å². The van der Waals surface area contributed by atoms with Crippen molar-refractivity contribution in [2.75, 3.05) is 13.7 Å². The predicted molar refractivity (Wildman–Crippen MR) is 71.8 cm³/mol. The molecule has 1 rings (SSSR count). The summed E-state index contributed by atoms with van der Waals surface area (Å²) in [4.78, 5) is 11.6. The molecule has 98 valence electrons. The van der Waals surface area contributed by atoms with E-state index in [9.17, 15) is 4.79 Å². The van der Waals surface area contributed by atoms with E-state index in [2.05, 4.69) is 6.58 Å². The molecule has 0 N–H and O–H groups in total. The lowest BCUT2D eigenvalue weighted by Crippen LogP contribution is -2.24. The van der Waals surface area contributed by atoms with Crippen LogP contribution in [0.15, 0.2) is 36.9 Å². The number of esters is 1. The van der Waals surface area contributed by atoms with Gasteiger partial charge in [0.1, 0.15) is 5.75 Å². The zero-order chi connectivity index (χ0) is 13.6. The third kappa shape index (κ3) is 3.36. The minimum absolute atomic E-state index is 0.212. The Bertz CT molecular complexity index is 408. The minimum atomic E-state index is -0.418. The molecule has 0 fully saturated rings. The fourth-order valence-electron chi connectivity index (χ4n) is 1.78. The number of carbonyl (C=O) groups excluding carboxylic acids is 1. The summed E-state index contributed by atoms with van der Waals surface area (Å²) in [6.45, 7) is 8.00. The van der Waals surface area contributed by atoms with Gasteiger partial charge >= 0.3 is 5.97 Å². The Hall–Kier alpha value is -1.77. The Labute approximate surface area is 108 Å². The monoisotopic (exact) mass is 248 g/mol. The molecule has 0 amide bonds. The van der Waals surface area contributed by atoms with E-state index in [-0.39, 0.29) is 12.4 Å². The third-order valence-electron chi connectivity index (χ3n) is 3.02. The summed E-state index contributed by atoms with van der Waals surface area (Å²) in [5.74, 6) is 0.581. The third-order valence-corrected chi connectivity index (χ3v) is 3.02. The molecule has 0 aliphatic heterocycles. The maximum Gasteiger partial charge on any atom is 0.306 e. The molecule has 0 aliphatic rings. The van der Waals surface area contributed by atoms with Gasteiger partial charge in [0.25, 0.3) is 0 Å². The van der Waals surface area contributed by atoms with Crippen molar-refractivity contribution >= 4 is 5.97 Å². The minimum Gasteiger partial charge on any atom is -0.497 e. The highest BCUT2D eigenvalue weighted by Gasteiger charge is 2.27. The lowest BCUT2D eigenvalue weighted by Gasteiger charge is -2.25. The van der Waals surface area contributed by atoms with Crippen LogP contribution in [0.3, 0.4) is 0 Å². The topological polar surface area (TPSA) is 35.5 Å². The van der Waals surface area contributed by atoms with Crippen LogP contribution >= 0.6 is 0 Å². The predicted octanol–water partition coefficient (Wildman–Crippen LogP) is 3.09. The molecule has 1 atom stereocenters. The van der Waals surface area contributed by atoms with Crippen LogP contribution in [0.25, 0.3) is 0 Å². The second-order valence-corrected chi connectivity index (χ2v) is 4.33. The van der Waals surface area contributed by atoms with Gasteiger partial charge in [-0.15, -0.1) is 6.58 Å². The first kappa shape index (κ1) is 14.3. The fourth-order valence-corrected chi connectivity index (χ4v) is 1.78. The highest BCUT2D eigenvalue weighted by Crippen LogP contribution is 2.30. The Balaban J connectivity index is 2.91. The van der Waals surface area contributed by atoms with Gasteiger partial charge in [-0.1, -0.05) is 25.1 Å². The van der Waals surface area contributed by atoms with Crippen molar-refractivity contribution in [1.29, 1.82) is 0 Å². The normalized spacial score (nSPS) is 13.5. The summed E-state index contributed by atoms with van der Waals surface area (Å²) < 4.78 is 10.1. The molecule has 3 heteroatoms. The quantitative estimate of drug-likeness (QED) is 0.573. The van der Waals surface area contributed by atoms with Crippen molar-refractivity contribution in [3.8, 4) is 5.75 Å². The molecule has 0 aromatic heterocycles. The molecule has 0 spiro atoms. The Morgan fingerprint density at radius 1 is 1.39 bits per heavy atom. The number of rotatable bonds is 6. The van der Waals surface area contributed by atoms with Gasteiger partial charge in [-0.25, -0.2) is 0 Å². The van der Waals surface area contributed by atoms with Crippen LogP contribution in [0, 0.1) is 0 Å². The van der Waals surface area contributed by atoms with E-state index in [0.717, 1.165) is 11.3 Å². The summed E-state index contributed by atoms with van der Waals surface area (Å²) in [7, 11) is 1.63. The largest absolute Gasteiger partial charge is 0.497 e. The van der Waals surface area contributed by atoms with E-state index in [1.807, 2.05) is 31.2 Å². The standard InChI is InChI=1S/C15H20O3/c1-5-15(3,11-14(16)18-6-2)12-7-9-13(17-4)10-8-12/h5,7-10H,1,6,11H2,2-4H3. The number of hydrogen-bond donors (Lipinski definition) is 0. The van der Waals surface area contributed by atoms with Gasteiger partial charge < -0.3 is 9.47 Å². The Kier molecular flexibility index (Phi) is 4.95. The second kappa shape index (κ2) is 6.24. The van der Waals surface area contributed by atoms with E-state index in [0.29, 0.717) is 6.61 Å². The summed E-state index contributed by atoms with van der Waals surface area (Å²) in [6, 6.07) is 7.64. The number of hydrogen-bond acceptors (Lipinski definition) is 3. The first-order valence-corrected chi connectivity index (χ1v) is 5.99. The zero-order valence-electron chi connectivity index (χ0n) is 11.2. The van der Waals surface area contributed by atoms with Gasteiger partial charge in [-0.05, 0) is 24.6 Å². The fraction of sp³-hybridized carbons (Fsp3) is 0.400. The Morgan fingerprint density at radius 2 is 2.00 bits per heavy atom. The molecule has 0 saturated heterocycles. The summed E-state index contributed by atoms with van der Waals surface area (Å²) in [5.41, 5.74) is 0.602. The van der Waals surface area contributed by atoms with E-state index in [4.69, 9.17) is 9.47 Å². The molecule has 0 saturated carbocycles. The van der Waals surface area contributed by atoms with Crippen LogP contribution < -0.4 is 4.74 Å². The molecule has 0 radical (unpaired) electrons. The van der Waals surface area contributed by atoms with Crippen molar-refractivity contribution in [2.24, 2.45) is 0 Å². The van der Waals surface area contributed by atoms with Gasteiger partial charge in [-0.3, -0.25) is 4.79 Å². The lowest BCUT2D eigenvalue weighted by molar-refractivity contribution is -0.144. The van der Waals surface area contributed by atoms with E-state index < -0.39 is 5.41 Å². The molecular weight excluding hydrogens is 228 g/mol. The highest BCUT2D eigenvalue weighted by molar-refractivity contribution is 5.72. The van der Waals surface area contributed by atoms with Crippen LogP contribution in [0.1, 0.15) is 25.8 Å². The van der Waals surface area contributed by atoms with Crippen LogP contribution in [0.2, 0.25) is 0 Å². The molecule has 1 aromatic carbocycles. The van der Waals surface area contributed by atoms with Crippen LogP contribution in [-0.4, -0.2) is 19.7 Å². The number of allylic oxidation sites excluding steroid dienone is 1. The maximum atomic E-state index is 11.6. The number of carbonyl (C=O) groups is 1. The second-order valence-electron chi connectivity index (χ2n) is 4.33. The number of methoxy groups -OCH3 is 1. The van der Waals surface area contributed by atoms with Crippen molar-refractivity contribution in [1.82, 2.24) is 0 Å². The molecule has 1 unspecified atom stereocenters. The average molecular weight is 248 g/mol. The van der Waals surface area contributed by atoms with Gasteiger partial charge in [0.15, 0.2) is 0 Å². The van der Waals surface area contributed by atoms with Gasteiger partial charge in [0, 0.05) is 5.41 Å². The molecule has 0 bridgehead atoms. The smallest absolute Gasteiger partial charge is 0.306 e. The number of ether oxygens (including phenoxy) is 2. The summed E-state index contributed by atoms with van der Waals surface area (Å²) in [6.07, 6.45) is 2.07. The average Bonchev–Trinajstić information content (AvgIpc) is 2.39. The van der Waals surface area contributed by atoms with Crippen LogP contribution in [0.5, 0.6) is 5.75 Å². The summed E-state index contributed by atoms with van der Waals surface area (Å²) >= 11 is 0. The van der Waals surface area contributed by atoms with Crippen LogP contribution in [0.4, 0.5) is 0 Å². The zero-order valence-corrected chi connectivity index (χ0v) is 11.2. The molecular formula is C15H20O3. The van der Waals surface area contributed by atoms with Crippen molar-refractivity contribution in [2.45, 2.75) is 25.7 Å². The highest BCUT2D eigenvalue weighted by atomic mass is 16.5. The number of benzene rings is 1. The Morgan fingerprint density at radius 3 is 2.44 bits per heavy atom. The lowest BCUT2D eigenvalue weighted by atomic mass is 9.79. The first-order valence-electron chi connectivity index (χ1n) is 5.99. The van der Waals surface area contributed by atoms with E-state index in [1.54, 1.807) is 20.1 Å². The van der Waals surface area contributed by atoms with Gasteiger partial charge in [-0.2, -0.15) is 0 Å². The molecule has 0 aliphatic carbocycles. The molecule has 18 heavy (non-hydrogen) atoms. The molecule has 0 heterocycles. The first-order chi connectivity index (χ1) is 8.55. The SMILES string of the molecule is C=CC(C)(CC(=O)OCC)c1ccc(OC)cc1. The maximum absolute atomic E-state index is 11.6.